The summed E-state index contributed by atoms with van der Waals surface area (Å²) in [5.74, 6) is -0.227. The third-order valence-electron chi connectivity index (χ3n) is 4.92. The fourth-order valence-corrected chi connectivity index (χ4v) is 5.49. The van der Waals surface area contributed by atoms with E-state index in [9.17, 15) is 13.2 Å². The molecule has 0 unspecified atom stereocenters. The van der Waals surface area contributed by atoms with Crippen molar-refractivity contribution in [1.29, 1.82) is 0 Å². The van der Waals surface area contributed by atoms with Crippen molar-refractivity contribution in [3.8, 4) is 0 Å². The van der Waals surface area contributed by atoms with Crippen molar-refractivity contribution in [2.45, 2.75) is 16.2 Å². The van der Waals surface area contributed by atoms with Crippen molar-refractivity contribution in [2.75, 3.05) is 22.4 Å². The molecule has 1 heterocycles. The van der Waals surface area contributed by atoms with Gasteiger partial charge in [0, 0.05) is 27.7 Å². The van der Waals surface area contributed by atoms with Crippen LogP contribution >= 0.6 is 23.4 Å². The largest absolute Gasteiger partial charge is 0.322 e. The molecule has 8 heteroatoms. The van der Waals surface area contributed by atoms with Crippen LogP contribution in [0.15, 0.2) is 76.5 Å². The van der Waals surface area contributed by atoms with Gasteiger partial charge in [-0.1, -0.05) is 17.7 Å². The lowest BCUT2D eigenvalue weighted by molar-refractivity contribution is 0.102. The summed E-state index contributed by atoms with van der Waals surface area (Å²) in [6, 6.07) is 18.9. The number of hydrogen-bond donors (Lipinski definition) is 1. The normalized spacial score (nSPS) is 13.2. The Labute approximate surface area is 185 Å². The molecule has 0 bridgehead atoms. The molecule has 0 spiro atoms. The fraction of sp³-hybridized carbons (Fsp3) is 0.136. The van der Waals surface area contributed by atoms with Crippen LogP contribution in [0.1, 0.15) is 15.9 Å². The highest BCUT2D eigenvalue weighted by Crippen LogP contribution is 2.34. The number of nitrogens with zero attached hydrogens (tertiary/aromatic N) is 1. The first-order valence-corrected chi connectivity index (χ1v) is 12.3. The van der Waals surface area contributed by atoms with Crippen LogP contribution in [-0.4, -0.2) is 27.1 Å². The molecule has 0 saturated carbocycles. The summed E-state index contributed by atoms with van der Waals surface area (Å²) >= 11 is 7.48. The number of nitrogens with one attached hydrogen (secondary N) is 1. The Morgan fingerprint density at radius 3 is 2.57 bits per heavy atom. The Morgan fingerprint density at radius 2 is 1.83 bits per heavy atom. The van der Waals surface area contributed by atoms with Gasteiger partial charge in [-0.25, -0.2) is 8.42 Å². The molecule has 5 nitrogen and oxygen atoms in total. The highest BCUT2D eigenvalue weighted by Gasteiger charge is 2.31. The number of carbonyl (C=O) groups is 1. The maximum atomic E-state index is 13.0. The number of rotatable bonds is 5. The molecule has 1 aliphatic rings. The quantitative estimate of drug-likeness (QED) is 0.542. The maximum Gasteiger partial charge on any atom is 0.264 e. The predicted molar refractivity (Wildman–Crippen MR) is 122 cm³/mol. The number of anilines is 2. The van der Waals surface area contributed by atoms with Gasteiger partial charge in [-0.15, -0.1) is 11.8 Å². The molecular weight excluding hydrogens is 440 g/mol. The number of sulfonamides is 1. The minimum Gasteiger partial charge on any atom is -0.322 e. The van der Waals surface area contributed by atoms with E-state index in [1.54, 1.807) is 42.1 Å². The maximum absolute atomic E-state index is 13.0. The van der Waals surface area contributed by atoms with E-state index in [0.29, 0.717) is 29.2 Å². The molecular formula is C22H19ClN2O3S2. The third-order valence-corrected chi connectivity index (χ3v) is 7.73. The zero-order valence-corrected chi connectivity index (χ0v) is 18.5. The highest BCUT2D eigenvalue weighted by molar-refractivity contribution is 7.98. The Kier molecular flexibility index (Phi) is 5.77. The summed E-state index contributed by atoms with van der Waals surface area (Å²) in [6.07, 6.45) is 2.52. The topological polar surface area (TPSA) is 66.5 Å². The molecule has 1 aliphatic heterocycles. The molecule has 1 amide bonds. The van der Waals surface area contributed by atoms with Gasteiger partial charge < -0.3 is 5.32 Å². The molecule has 0 saturated heterocycles. The first-order chi connectivity index (χ1) is 14.4. The van der Waals surface area contributed by atoms with Crippen LogP contribution in [0.4, 0.5) is 11.4 Å². The second-order valence-electron chi connectivity index (χ2n) is 6.81. The Morgan fingerprint density at radius 1 is 1.07 bits per heavy atom. The van der Waals surface area contributed by atoms with Gasteiger partial charge >= 0.3 is 0 Å². The van der Waals surface area contributed by atoms with Crippen LogP contribution in [0, 0.1) is 0 Å². The minimum atomic E-state index is -3.69. The number of amides is 1. The first-order valence-electron chi connectivity index (χ1n) is 9.25. The van der Waals surface area contributed by atoms with E-state index in [0.717, 1.165) is 16.1 Å². The van der Waals surface area contributed by atoms with Crippen molar-refractivity contribution in [3.63, 3.8) is 0 Å². The monoisotopic (exact) mass is 458 g/mol. The number of thioether (sulfide) groups is 1. The zero-order chi connectivity index (χ0) is 21.3. The van der Waals surface area contributed by atoms with Crippen LogP contribution in [0.3, 0.4) is 0 Å². The van der Waals surface area contributed by atoms with Crippen molar-refractivity contribution in [3.05, 3.63) is 82.9 Å². The molecule has 30 heavy (non-hydrogen) atoms. The SMILES string of the molecule is CSc1cccc(NC(=O)c2ccc3c(c2)CCN3S(=O)(=O)c2ccc(Cl)cc2)c1. The number of hydrogen-bond acceptors (Lipinski definition) is 4. The van der Waals surface area contributed by atoms with E-state index in [2.05, 4.69) is 5.32 Å². The van der Waals surface area contributed by atoms with Crippen LogP contribution in [0.2, 0.25) is 5.02 Å². The van der Waals surface area contributed by atoms with Crippen molar-refractivity contribution in [1.82, 2.24) is 0 Å². The molecule has 154 valence electrons. The van der Waals surface area contributed by atoms with E-state index in [1.807, 2.05) is 30.5 Å². The molecule has 3 aromatic carbocycles. The Hall–Kier alpha value is -2.48. The second-order valence-corrected chi connectivity index (χ2v) is 9.99. The van der Waals surface area contributed by atoms with E-state index in [1.165, 1.54) is 16.4 Å². The average Bonchev–Trinajstić information content (AvgIpc) is 3.18. The van der Waals surface area contributed by atoms with E-state index >= 15 is 0 Å². The Bertz CT molecular complexity index is 1210. The van der Waals surface area contributed by atoms with Crippen molar-refractivity contribution >= 4 is 50.7 Å². The van der Waals surface area contributed by atoms with Crippen LogP contribution in [-0.2, 0) is 16.4 Å². The molecule has 0 atom stereocenters. The van der Waals surface area contributed by atoms with Crippen LogP contribution in [0.5, 0.6) is 0 Å². The molecule has 3 aromatic rings. The summed E-state index contributed by atoms with van der Waals surface area (Å²) in [6.45, 7) is 0.334. The van der Waals surface area contributed by atoms with Gasteiger partial charge in [0.1, 0.15) is 0 Å². The Balaban J connectivity index is 1.57. The standard InChI is InChI=1S/C22H19ClN2O3S2/c1-29-19-4-2-3-18(14-19)24-22(26)16-5-10-21-15(13-16)11-12-25(21)30(27,28)20-8-6-17(23)7-9-20/h2-10,13-14H,11-12H2,1H3,(H,24,26). The number of benzene rings is 3. The number of halogens is 1. The molecule has 0 aliphatic carbocycles. The molecule has 0 aromatic heterocycles. The van der Waals surface area contributed by atoms with Gasteiger partial charge in [0.15, 0.2) is 0 Å². The molecule has 0 radical (unpaired) electrons. The summed E-state index contributed by atoms with van der Waals surface area (Å²) in [4.78, 5) is 13.9. The molecule has 1 N–H and O–H groups in total. The van der Waals surface area contributed by atoms with Gasteiger partial charge in [0.05, 0.1) is 10.6 Å². The van der Waals surface area contributed by atoms with Gasteiger partial charge in [0.25, 0.3) is 15.9 Å². The van der Waals surface area contributed by atoms with Crippen molar-refractivity contribution < 1.29 is 13.2 Å². The summed E-state index contributed by atoms with van der Waals surface area (Å²) in [7, 11) is -3.69. The van der Waals surface area contributed by atoms with Gasteiger partial charge in [-0.2, -0.15) is 0 Å². The van der Waals surface area contributed by atoms with Crippen LogP contribution < -0.4 is 9.62 Å². The lowest BCUT2D eigenvalue weighted by Crippen LogP contribution is -2.29. The lowest BCUT2D eigenvalue weighted by atomic mass is 10.1. The van der Waals surface area contributed by atoms with Crippen LogP contribution in [0.25, 0.3) is 0 Å². The summed E-state index contributed by atoms with van der Waals surface area (Å²) in [5, 5.41) is 3.38. The smallest absolute Gasteiger partial charge is 0.264 e. The van der Waals surface area contributed by atoms with Gasteiger partial charge in [-0.05, 0) is 78.9 Å². The lowest BCUT2D eigenvalue weighted by Gasteiger charge is -2.19. The molecule has 4 rings (SSSR count). The number of fused-ring (bicyclic) bond motifs is 1. The minimum absolute atomic E-state index is 0.190. The van der Waals surface area contributed by atoms with Gasteiger partial charge in [-0.3, -0.25) is 9.10 Å². The molecule has 0 fully saturated rings. The van der Waals surface area contributed by atoms with Crippen molar-refractivity contribution in [2.24, 2.45) is 0 Å². The first kappa shape index (κ1) is 20.8. The van der Waals surface area contributed by atoms with E-state index < -0.39 is 10.0 Å². The predicted octanol–water partition coefficient (Wildman–Crippen LogP) is 5.07. The van der Waals surface area contributed by atoms with Gasteiger partial charge in [0.2, 0.25) is 0 Å². The van der Waals surface area contributed by atoms with E-state index in [4.69, 9.17) is 11.6 Å². The highest BCUT2D eigenvalue weighted by atomic mass is 35.5. The fourth-order valence-electron chi connectivity index (χ4n) is 3.40. The third kappa shape index (κ3) is 4.05. The van der Waals surface area contributed by atoms with E-state index in [-0.39, 0.29) is 10.8 Å². The summed E-state index contributed by atoms with van der Waals surface area (Å²) < 4.78 is 27.4. The summed E-state index contributed by atoms with van der Waals surface area (Å²) in [5.41, 5.74) is 2.65. The zero-order valence-electron chi connectivity index (χ0n) is 16.1. The number of carbonyl (C=O) groups excluding carboxylic acids is 1. The average molecular weight is 459 g/mol. The second kappa shape index (κ2) is 8.34.